The quantitative estimate of drug-likeness (QED) is 0.0222. The number of phosphoric acid groups is 2. The Hall–Kier alpha value is -1.94. The summed E-state index contributed by atoms with van der Waals surface area (Å²) in [6.07, 6.45) is 53.0. The van der Waals surface area contributed by atoms with E-state index in [-0.39, 0.29) is 25.7 Å². The highest BCUT2D eigenvalue weighted by atomic mass is 31.2. The molecule has 0 aromatic carbocycles. The fourth-order valence-electron chi connectivity index (χ4n) is 11.6. The number of esters is 4. The zero-order valence-corrected chi connectivity index (χ0v) is 63.9. The van der Waals surface area contributed by atoms with Crippen LogP contribution in [0.15, 0.2) is 0 Å². The van der Waals surface area contributed by atoms with Gasteiger partial charge in [0, 0.05) is 25.7 Å². The monoisotopic (exact) mass is 1400 g/mol. The number of phosphoric ester groups is 2. The SMILES string of the molecule is CCCCCCCCCCCCCCCCCCCCCCC(=O)O[C@H](COC(=O)CCCCCCCCCCCCCCC(C)C)COP(=O)(O)OC[C@@H](O)COP(=O)(O)OC[C@@H](COC(=O)CCCCCCCCCC(C)C)OC(=O)CCCCCCCCCC(C)C. The van der Waals surface area contributed by atoms with Crippen LogP contribution in [0.25, 0.3) is 0 Å². The van der Waals surface area contributed by atoms with Gasteiger partial charge in [0.2, 0.25) is 0 Å². The van der Waals surface area contributed by atoms with Crippen LogP contribution in [0.1, 0.15) is 389 Å². The van der Waals surface area contributed by atoms with Gasteiger partial charge in [0.1, 0.15) is 19.3 Å². The van der Waals surface area contributed by atoms with Crippen LogP contribution < -0.4 is 0 Å². The van der Waals surface area contributed by atoms with Gasteiger partial charge in [-0.15, -0.1) is 0 Å². The molecule has 0 amide bonds. The van der Waals surface area contributed by atoms with Crippen LogP contribution in [0.2, 0.25) is 0 Å². The van der Waals surface area contributed by atoms with Gasteiger partial charge < -0.3 is 33.8 Å². The maximum absolute atomic E-state index is 13.1. The molecule has 19 heteroatoms. The second-order valence-corrected chi connectivity index (χ2v) is 31.7. The third-order valence-corrected chi connectivity index (χ3v) is 19.5. The van der Waals surface area contributed by atoms with Gasteiger partial charge in [0.05, 0.1) is 26.4 Å². The summed E-state index contributed by atoms with van der Waals surface area (Å²) in [7, 11) is -9.91. The van der Waals surface area contributed by atoms with Gasteiger partial charge in [-0.2, -0.15) is 0 Å². The molecule has 0 aromatic heterocycles. The molecule has 0 saturated heterocycles. The summed E-state index contributed by atoms with van der Waals surface area (Å²) in [5, 5.41) is 10.6. The zero-order chi connectivity index (χ0) is 70.1. The summed E-state index contributed by atoms with van der Waals surface area (Å²) < 4.78 is 68.5. The molecule has 0 aliphatic rings. The standard InChI is InChI=1S/C76H148O17P2/c1-8-9-10-11-12-13-14-15-16-17-18-19-20-21-22-27-30-37-45-52-59-75(80)92-71(63-86-73(78)57-50-43-36-29-26-24-23-25-28-33-40-47-54-67(2)3)65-90-94(82,83)88-61-70(77)62-89-95(84,85)91-66-72(93-76(81)60-53-46-39-32-35-42-49-56-69(6)7)64-87-74(79)58-51-44-38-31-34-41-48-55-68(4)5/h67-72,77H,8-66H2,1-7H3,(H,82,83)(H,84,85)/t70-,71-,72-/m1/s1. The first kappa shape index (κ1) is 93.1. The number of aliphatic hydroxyl groups is 1. The molecule has 0 aromatic rings. The van der Waals surface area contributed by atoms with Crippen LogP contribution in [0.5, 0.6) is 0 Å². The molecule has 0 spiro atoms. The van der Waals surface area contributed by atoms with Crippen LogP contribution in [-0.2, 0) is 65.4 Å². The molecule has 95 heavy (non-hydrogen) atoms. The molecular weight excluding hydrogens is 1250 g/mol. The molecule has 564 valence electrons. The van der Waals surface area contributed by atoms with Crippen molar-refractivity contribution in [2.75, 3.05) is 39.6 Å². The van der Waals surface area contributed by atoms with E-state index in [1.54, 1.807) is 0 Å². The number of hydrogen-bond donors (Lipinski definition) is 3. The zero-order valence-electron chi connectivity index (χ0n) is 62.1. The smallest absolute Gasteiger partial charge is 0.462 e. The summed E-state index contributed by atoms with van der Waals surface area (Å²) in [5.41, 5.74) is 0. The van der Waals surface area contributed by atoms with Gasteiger partial charge in [-0.3, -0.25) is 37.3 Å². The lowest BCUT2D eigenvalue weighted by molar-refractivity contribution is -0.161. The molecule has 0 aliphatic carbocycles. The average Bonchev–Trinajstić information content (AvgIpc) is 2.39. The average molecular weight is 1400 g/mol. The van der Waals surface area contributed by atoms with Crippen LogP contribution >= 0.6 is 15.6 Å². The minimum absolute atomic E-state index is 0.103. The Balaban J connectivity index is 5.21. The fourth-order valence-corrected chi connectivity index (χ4v) is 13.2. The van der Waals surface area contributed by atoms with Gasteiger partial charge in [-0.1, -0.05) is 337 Å². The number of aliphatic hydroxyl groups excluding tert-OH is 1. The van der Waals surface area contributed by atoms with E-state index in [0.29, 0.717) is 37.5 Å². The Morgan fingerprint density at radius 1 is 0.284 bits per heavy atom. The molecule has 0 saturated carbocycles. The number of hydrogen-bond acceptors (Lipinski definition) is 15. The lowest BCUT2D eigenvalue weighted by Crippen LogP contribution is -2.30. The van der Waals surface area contributed by atoms with Crippen LogP contribution in [-0.4, -0.2) is 96.7 Å². The Bertz CT molecular complexity index is 1850. The molecule has 17 nitrogen and oxygen atoms in total. The molecule has 5 atom stereocenters. The lowest BCUT2D eigenvalue weighted by Gasteiger charge is -2.21. The van der Waals surface area contributed by atoms with Gasteiger partial charge in [-0.05, 0) is 43.4 Å². The summed E-state index contributed by atoms with van der Waals surface area (Å²) in [6.45, 7) is 11.8. The van der Waals surface area contributed by atoms with Crippen LogP contribution in [0.4, 0.5) is 0 Å². The highest BCUT2D eigenvalue weighted by Gasteiger charge is 2.30. The van der Waals surface area contributed by atoms with Gasteiger partial charge in [0.15, 0.2) is 12.2 Å². The van der Waals surface area contributed by atoms with Crippen molar-refractivity contribution in [1.82, 2.24) is 0 Å². The van der Waals surface area contributed by atoms with E-state index >= 15 is 0 Å². The minimum Gasteiger partial charge on any atom is -0.462 e. The van der Waals surface area contributed by atoms with E-state index in [1.165, 1.54) is 193 Å². The Kier molecular flexibility index (Phi) is 65.2. The van der Waals surface area contributed by atoms with Gasteiger partial charge in [-0.25, -0.2) is 9.13 Å². The van der Waals surface area contributed by atoms with Crippen molar-refractivity contribution in [2.45, 2.75) is 407 Å². The number of carbonyl (C=O) groups is 4. The molecule has 0 fully saturated rings. The van der Waals surface area contributed by atoms with E-state index in [2.05, 4.69) is 48.5 Å². The largest absolute Gasteiger partial charge is 0.472 e. The molecule has 0 bridgehead atoms. The number of rotatable bonds is 74. The van der Waals surface area contributed by atoms with Crippen LogP contribution in [0, 0.1) is 17.8 Å². The van der Waals surface area contributed by atoms with E-state index < -0.39 is 97.5 Å². The number of unbranched alkanes of at least 4 members (excludes halogenated alkanes) is 42. The summed E-state index contributed by atoms with van der Waals surface area (Å²) in [5.74, 6) is 0.0603. The molecule has 3 N–H and O–H groups in total. The summed E-state index contributed by atoms with van der Waals surface area (Å²) in [6, 6.07) is 0. The summed E-state index contributed by atoms with van der Waals surface area (Å²) in [4.78, 5) is 72.7. The van der Waals surface area contributed by atoms with Crippen molar-refractivity contribution in [3.8, 4) is 0 Å². The molecule has 0 rings (SSSR count). The van der Waals surface area contributed by atoms with Crippen molar-refractivity contribution in [2.24, 2.45) is 17.8 Å². The number of ether oxygens (including phenoxy) is 4. The molecule has 0 heterocycles. The van der Waals surface area contributed by atoms with E-state index in [9.17, 15) is 43.2 Å². The predicted molar refractivity (Wildman–Crippen MR) is 386 cm³/mol. The first-order chi connectivity index (χ1) is 45.7. The first-order valence-electron chi connectivity index (χ1n) is 39.3. The topological polar surface area (TPSA) is 237 Å². The fraction of sp³-hybridized carbons (Fsp3) is 0.947. The Morgan fingerprint density at radius 2 is 0.484 bits per heavy atom. The maximum Gasteiger partial charge on any atom is 0.472 e. The van der Waals surface area contributed by atoms with E-state index in [4.69, 9.17) is 37.0 Å². The van der Waals surface area contributed by atoms with E-state index in [0.717, 1.165) is 102 Å². The Labute approximate surface area is 581 Å². The molecule has 0 radical (unpaired) electrons. The lowest BCUT2D eigenvalue weighted by atomic mass is 10.0. The molecule has 2 unspecified atom stereocenters. The second kappa shape index (κ2) is 66.6. The van der Waals surface area contributed by atoms with E-state index in [1.807, 2.05) is 0 Å². The van der Waals surface area contributed by atoms with Crippen molar-refractivity contribution in [1.29, 1.82) is 0 Å². The highest BCUT2D eigenvalue weighted by molar-refractivity contribution is 7.47. The van der Waals surface area contributed by atoms with Crippen molar-refractivity contribution >= 4 is 39.5 Å². The van der Waals surface area contributed by atoms with Gasteiger partial charge in [0.25, 0.3) is 0 Å². The normalized spacial score (nSPS) is 14.1. The predicted octanol–water partition coefficient (Wildman–Crippen LogP) is 22.2. The molecule has 0 aliphatic heterocycles. The maximum atomic E-state index is 13.1. The third-order valence-electron chi connectivity index (χ3n) is 17.6. The third kappa shape index (κ3) is 70.3. The first-order valence-corrected chi connectivity index (χ1v) is 42.3. The second-order valence-electron chi connectivity index (χ2n) is 28.8. The van der Waals surface area contributed by atoms with Crippen LogP contribution in [0.3, 0.4) is 0 Å². The van der Waals surface area contributed by atoms with Crippen molar-refractivity contribution in [3.63, 3.8) is 0 Å². The highest BCUT2D eigenvalue weighted by Crippen LogP contribution is 2.45. The number of carbonyl (C=O) groups excluding carboxylic acids is 4. The van der Waals surface area contributed by atoms with Gasteiger partial charge >= 0.3 is 39.5 Å². The molecular formula is C76H148O17P2. The summed E-state index contributed by atoms with van der Waals surface area (Å²) >= 11 is 0. The Morgan fingerprint density at radius 3 is 0.716 bits per heavy atom. The van der Waals surface area contributed by atoms with Crippen molar-refractivity contribution < 1.29 is 80.2 Å². The van der Waals surface area contributed by atoms with Crippen molar-refractivity contribution in [3.05, 3.63) is 0 Å². The minimum atomic E-state index is -4.96.